The van der Waals surface area contributed by atoms with Crippen LogP contribution in [0.15, 0.2) is 0 Å². The summed E-state index contributed by atoms with van der Waals surface area (Å²) in [7, 11) is 0.493. The fraction of sp³-hybridized carbons (Fsp3) is 0.941. The lowest BCUT2D eigenvalue weighted by atomic mass is 10.1. The number of ether oxygens (including phenoxy) is 1. The standard InChI is InChI=1S/C17H34O3S/c1-4-5-6-7-8-9-10-11-12-13-14-21(19)15-16(2)17(18)20-3/h16H,4-15H2,1-3H3. The molecule has 0 N–H and O–H groups in total. The first-order chi connectivity index (χ1) is 10.1. The molecule has 0 heterocycles. The lowest BCUT2D eigenvalue weighted by molar-refractivity contribution is -0.144. The summed E-state index contributed by atoms with van der Waals surface area (Å²) >= 11 is 0. The number of esters is 1. The molecule has 0 aromatic heterocycles. The van der Waals surface area contributed by atoms with Crippen LogP contribution < -0.4 is 0 Å². The Kier molecular flexibility index (Phi) is 14.3. The molecule has 0 aromatic rings. The van der Waals surface area contributed by atoms with Crippen LogP contribution in [-0.4, -0.2) is 28.8 Å². The summed E-state index contributed by atoms with van der Waals surface area (Å²) < 4.78 is 16.5. The van der Waals surface area contributed by atoms with Crippen molar-refractivity contribution in [2.24, 2.45) is 5.92 Å². The van der Waals surface area contributed by atoms with Gasteiger partial charge in [0.25, 0.3) is 0 Å². The minimum Gasteiger partial charge on any atom is -0.469 e. The Morgan fingerprint density at radius 2 is 1.43 bits per heavy atom. The van der Waals surface area contributed by atoms with Crippen LogP contribution in [0.25, 0.3) is 0 Å². The third-order valence-electron chi connectivity index (χ3n) is 3.77. The van der Waals surface area contributed by atoms with E-state index in [0.717, 1.165) is 18.6 Å². The van der Waals surface area contributed by atoms with Gasteiger partial charge in [-0.15, -0.1) is 0 Å². The van der Waals surface area contributed by atoms with E-state index in [-0.39, 0.29) is 11.9 Å². The molecule has 21 heavy (non-hydrogen) atoms. The van der Waals surface area contributed by atoms with Crippen molar-refractivity contribution in [3.8, 4) is 0 Å². The maximum atomic E-state index is 11.8. The van der Waals surface area contributed by atoms with E-state index in [9.17, 15) is 9.00 Å². The van der Waals surface area contributed by atoms with Gasteiger partial charge in [-0.05, 0) is 6.42 Å². The van der Waals surface area contributed by atoms with Crippen LogP contribution in [0.1, 0.15) is 78.1 Å². The van der Waals surface area contributed by atoms with Gasteiger partial charge in [0.05, 0.1) is 13.0 Å². The Bertz CT molecular complexity index is 279. The Morgan fingerprint density at radius 1 is 0.952 bits per heavy atom. The maximum absolute atomic E-state index is 11.8. The van der Waals surface area contributed by atoms with Gasteiger partial charge in [0.1, 0.15) is 0 Å². The first kappa shape index (κ1) is 20.6. The second-order valence-electron chi connectivity index (χ2n) is 5.92. The summed E-state index contributed by atoms with van der Waals surface area (Å²) in [5.41, 5.74) is 0. The van der Waals surface area contributed by atoms with Crippen molar-refractivity contribution in [1.29, 1.82) is 0 Å². The quantitative estimate of drug-likeness (QED) is 0.351. The number of hydrogen-bond donors (Lipinski definition) is 0. The van der Waals surface area contributed by atoms with Crippen molar-refractivity contribution in [2.45, 2.75) is 78.1 Å². The summed E-state index contributed by atoms with van der Waals surface area (Å²) in [6.45, 7) is 4.03. The highest BCUT2D eigenvalue weighted by Gasteiger charge is 2.15. The van der Waals surface area contributed by atoms with Crippen LogP contribution in [0.4, 0.5) is 0 Å². The molecule has 0 bridgehead atoms. The summed E-state index contributed by atoms with van der Waals surface area (Å²) in [4.78, 5) is 11.2. The molecule has 0 rings (SSSR count). The number of carbonyl (C=O) groups is 1. The van der Waals surface area contributed by atoms with E-state index in [1.165, 1.54) is 58.5 Å². The molecule has 3 nitrogen and oxygen atoms in total. The molecule has 0 saturated carbocycles. The van der Waals surface area contributed by atoms with Crippen LogP contribution in [0.3, 0.4) is 0 Å². The lowest BCUT2D eigenvalue weighted by Crippen LogP contribution is -2.20. The van der Waals surface area contributed by atoms with Gasteiger partial charge in [-0.1, -0.05) is 71.6 Å². The fourth-order valence-electron chi connectivity index (χ4n) is 2.38. The van der Waals surface area contributed by atoms with Crippen molar-refractivity contribution in [3.63, 3.8) is 0 Å². The van der Waals surface area contributed by atoms with E-state index in [1.807, 2.05) is 0 Å². The predicted molar refractivity (Wildman–Crippen MR) is 90.9 cm³/mol. The zero-order chi connectivity index (χ0) is 15.9. The summed E-state index contributed by atoms with van der Waals surface area (Å²) in [6.07, 6.45) is 12.9. The van der Waals surface area contributed by atoms with E-state index in [1.54, 1.807) is 6.92 Å². The van der Waals surface area contributed by atoms with Gasteiger partial charge in [0.15, 0.2) is 0 Å². The average Bonchev–Trinajstić information content (AvgIpc) is 2.48. The van der Waals surface area contributed by atoms with Crippen LogP contribution in [-0.2, 0) is 20.3 Å². The molecule has 4 heteroatoms. The molecule has 0 aliphatic carbocycles. The second kappa shape index (κ2) is 14.6. The van der Waals surface area contributed by atoms with Crippen LogP contribution in [0.2, 0.25) is 0 Å². The minimum atomic E-state index is -0.886. The van der Waals surface area contributed by atoms with Gasteiger partial charge in [-0.25, -0.2) is 0 Å². The fourth-order valence-corrected chi connectivity index (χ4v) is 3.77. The average molecular weight is 319 g/mol. The smallest absolute Gasteiger partial charge is 0.309 e. The third kappa shape index (κ3) is 13.0. The highest BCUT2D eigenvalue weighted by molar-refractivity contribution is 7.85. The zero-order valence-corrected chi connectivity index (χ0v) is 15.0. The van der Waals surface area contributed by atoms with Crippen molar-refractivity contribution < 1.29 is 13.7 Å². The van der Waals surface area contributed by atoms with Crippen molar-refractivity contribution >= 4 is 16.8 Å². The van der Waals surface area contributed by atoms with Gasteiger partial charge in [-0.3, -0.25) is 9.00 Å². The van der Waals surface area contributed by atoms with E-state index in [2.05, 4.69) is 11.7 Å². The molecule has 2 atom stereocenters. The van der Waals surface area contributed by atoms with Gasteiger partial charge in [-0.2, -0.15) is 0 Å². The second-order valence-corrected chi connectivity index (χ2v) is 7.54. The van der Waals surface area contributed by atoms with Crippen LogP contribution in [0, 0.1) is 5.92 Å². The lowest BCUT2D eigenvalue weighted by Gasteiger charge is -2.08. The van der Waals surface area contributed by atoms with Gasteiger partial charge >= 0.3 is 5.97 Å². The Balaban J connectivity index is 3.34. The predicted octanol–water partition coefficient (Wildman–Crippen LogP) is 4.47. The SMILES string of the molecule is CCCCCCCCCCCCS(=O)CC(C)C(=O)OC. The molecule has 2 unspecified atom stereocenters. The molecule has 0 radical (unpaired) electrons. The maximum Gasteiger partial charge on any atom is 0.309 e. The topological polar surface area (TPSA) is 43.4 Å². The van der Waals surface area contributed by atoms with Gasteiger partial charge in [0.2, 0.25) is 0 Å². The molecule has 0 fully saturated rings. The highest BCUT2D eigenvalue weighted by Crippen LogP contribution is 2.11. The summed E-state index contributed by atoms with van der Waals surface area (Å²) in [6, 6.07) is 0. The number of hydrogen-bond acceptors (Lipinski definition) is 3. The Morgan fingerprint density at radius 3 is 1.90 bits per heavy atom. The van der Waals surface area contributed by atoms with Crippen LogP contribution in [0.5, 0.6) is 0 Å². The van der Waals surface area contributed by atoms with Crippen LogP contribution >= 0.6 is 0 Å². The highest BCUT2D eigenvalue weighted by atomic mass is 32.2. The zero-order valence-electron chi connectivity index (χ0n) is 14.2. The first-order valence-electron chi connectivity index (χ1n) is 8.54. The van der Waals surface area contributed by atoms with E-state index in [4.69, 9.17) is 0 Å². The van der Waals surface area contributed by atoms with E-state index < -0.39 is 10.8 Å². The number of rotatable bonds is 14. The van der Waals surface area contributed by atoms with Gasteiger partial charge in [0, 0.05) is 22.3 Å². The van der Waals surface area contributed by atoms with E-state index in [0.29, 0.717) is 5.75 Å². The monoisotopic (exact) mass is 318 g/mol. The third-order valence-corrected chi connectivity index (χ3v) is 5.38. The minimum absolute atomic E-state index is 0.251. The molecule has 0 aromatic carbocycles. The van der Waals surface area contributed by atoms with Crippen molar-refractivity contribution in [3.05, 3.63) is 0 Å². The van der Waals surface area contributed by atoms with Crippen molar-refractivity contribution in [1.82, 2.24) is 0 Å². The summed E-state index contributed by atoms with van der Waals surface area (Å²) in [5.74, 6) is 0.646. The normalized spacial score (nSPS) is 13.9. The number of carbonyl (C=O) groups excluding carboxylic acids is 1. The van der Waals surface area contributed by atoms with Crippen molar-refractivity contribution in [2.75, 3.05) is 18.6 Å². The molecule has 0 aliphatic heterocycles. The number of methoxy groups -OCH3 is 1. The Hall–Kier alpha value is -0.380. The molecule has 0 spiro atoms. The Labute approximate surface area is 133 Å². The molecule has 0 aliphatic rings. The molecular formula is C17H34O3S. The molecular weight excluding hydrogens is 284 g/mol. The largest absolute Gasteiger partial charge is 0.469 e. The molecule has 0 saturated heterocycles. The summed E-state index contributed by atoms with van der Waals surface area (Å²) in [5, 5.41) is 0. The van der Waals surface area contributed by atoms with Gasteiger partial charge < -0.3 is 4.74 Å². The first-order valence-corrected chi connectivity index (χ1v) is 10.0. The number of unbranched alkanes of at least 4 members (excludes halogenated alkanes) is 9. The molecule has 126 valence electrons. The molecule has 0 amide bonds. The van der Waals surface area contributed by atoms with E-state index >= 15 is 0 Å².